The lowest BCUT2D eigenvalue weighted by atomic mass is 9.94. The Bertz CT molecular complexity index is 410. The van der Waals surface area contributed by atoms with Crippen LogP contribution in [0.3, 0.4) is 0 Å². The van der Waals surface area contributed by atoms with Gasteiger partial charge in [0.15, 0.2) is 0 Å². The molecule has 0 aliphatic rings. The van der Waals surface area contributed by atoms with E-state index in [2.05, 4.69) is 0 Å². The molecule has 1 aromatic rings. The van der Waals surface area contributed by atoms with E-state index in [1.807, 2.05) is 56.3 Å². The number of hydrogen-bond acceptors (Lipinski definition) is 2. The maximum Gasteiger partial charge on any atom is 0.306 e. The van der Waals surface area contributed by atoms with E-state index in [0.29, 0.717) is 32.0 Å². The predicted molar refractivity (Wildman–Crippen MR) is 80.4 cm³/mol. The molecule has 0 spiro atoms. The summed E-state index contributed by atoms with van der Waals surface area (Å²) in [6.45, 7) is 5.19. The third-order valence-electron chi connectivity index (χ3n) is 3.02. The van der Waals surface area contributed by atoms with Gasteiger partial charge >= 0.3 is 5.97 Å². The summed E-state index contributed by atoms with van der Waals surface area (Å²) in [4.78, 5) is 11.1. The first-order chi connectivity index (χ1) is 9.59. The van der Waals surface area contributed by atoms with Gasteiger partial charge in [0.25, 0.3) is 0 Å². The number of carboxylic acid groups (broad SMARTS) is 1. The van der Waals surface area contributed by atoms with E-state index < -0.39 is 5.97 Å². The highest BCUT2D eigenvalue weighted by atomic mass is 16.5. The van der Waals surface area contributed by atoms with Crippen LogP contribution in [-0.2, 0) is 16.1 Å². The first-order valence-electron chi connectivity index (χ1n) is 7.09. The minimum Gasteiger partial charge on any atom is -0.481 e. The number of benzene rings is 1. The normalized spacial score (nSPS) is 12.9. The van der Waals surface area contributed by atoms with Crippen LogP contribution in [0.2, 0.25) is 0 Å². The van der Waals surface area contributed by atoms with Crippen LogP contribution in [0.15, 0.2) is 42.5 Å². The van der Waals surface area contributed by atoms with Crippen LogP contribution in [0.4, 0.5) is 0 Å². The van der Waals surface area contributed by atoms with E-state index >= 15 is 0 Å². The highest BCUT2D eigenvalue weighted by molar-refractivity contribution is 5.70. The van der Waals surface area contributed by atoms with Crippen molar-refractivity contribution in [3.8, 4) is 0 Å². The average Bonchev–Trinajstić information content (AvgIpc) is 2.41. The summed E-state index contributed by atoms with van der Waals surface area (Å²) < 4.78 is 5.51. The van der Waals surface area contributed by atoms with E-state index in [1.54, 1.807) is 0 Å². The molecule has 0 bridgehead atoms. The van der Waals surface area contributed by atoms with E-state index in [1.165, 1.54) is 0 Å². The maximum absolute atomic E-state index is 11.1. The van der Waals surface area contributed by atoms with Crippen molar-refractivity contribution in [2.75, 3.05) is 6.61 Å². The average molecular weight is 276 g/mol. The molecule has 3 heteroatoms. The molecule has 110 valence electrons. The SMILES string of the molecule is CC(C)C[C@H](CC=CCOCc1ccccc1)C(=O)O. The van der Waals surface area contributed by atoms with Gasteiger partial charge in [0.2, 0.25) is 0 Å². The number of ether oxygens (including phenoxy) is 1. The van der Waals surface area contributed by atoms with Gasteiger partial charge < -0.3 is 9.84 Å². The summed E-state index contributed by atoms with van der Waals surface area (Å²) >= 11 is 0. The van der Waals surface area contributed by atoms with Crippen LogP contribution >= 0.6 is 0 Å². The summed E-state index contributed by atoms with van der Waals surface area (Å²) in [5, 5.41) is 9.11. The van der Waals surface area contributed by atoms with Crippen molar-refractivity contribution < 1.29 is 14.6 Å². The van der Waals surface area contributed by atoms with Crippen LogP contribution in [0.25, 0.3) is 0 Å². The quantitative estimate of drug-likeness (QED) is 0.549. The first kappa shape index (κ1) is 16.4. The highest BCUT2D eigenvalue weighted by Crippen LogP contribution is 2.16. The van der Waals surface area contributed by atoms with Gasteiger partial charge in [-0.05, 0) is 24.3 Å². The van der Waals surface area contributed by atoms with Gasteiger partial charge in [-0.1, -0.05) is 56.3 Å². The zero-order valence-electron chi connectivity index (χ0n) is 12.3. The summed E-state index contributed by atoms with van der Waals surface area (Å²) in [5.74, 6) is -0.604. The van der Waals surface area contributed by atoms with Crippen molar-refractivity contribution in [2.45, 2.75) is 33.3 Å². The van der Waals surface area contributed by atoms with Gasteiger partial charge in [0.05, 0.1) is 19.1 Å². The van der Waals surface area contributed by atoms with E-state index in [-0.39, 0.29) is 5.92 Å². The fraction of sp³-hybridized carbons (Fsp3) is 0.471. The molecule has 1 aromatic carbocycles. The van der Waals surface area contributed by atoms with Crippen LogP contribution < -0.4 is 0 Å². The van der Waals surface area contributed by atoms with Gasteiger partial charge in [-0.3, -0.25) is 4.79 Å². The van der Waals surface area contributed by atoms with Crippen molar-refractivity contribution in [3.05, 3.63) is 48.0 Å². The van der Waals surface area contributed by atoms with E-state index in [4.69, 9.17) is 9.84 Å². The molecular formula is C17H24O3. The lowest BCUT2D eigenvalue weighted by molar-refractivity contribution is -0.142. The Morgan fingerprint density at radius 3 is 2.55 bits per heavy atom. The third kappa shape index (κ3) is 7.10. The first-order valence-corrected chi connectivity index (χ1v) is 7.09. The number of allylic oxidation sites excluding steroid dienone is 1. The molecule has 0 radical (unpaired) electrons. The van der Waals surface area contributed by atoms with Crippen molar-refractivity contribution in [1.82, 2.24) is 0 Å². The number of aliphatic carboxylic acids is 1. The van der Waals surface area contributed by atoms with Gasteiger partial charge in [0, 0.05) is 0 Å². The molecule has 0 saturated heterocycles. The topological polar surface area (TPSA) is 46.5 Å². The minimum atomic E-state index is -0.714. The Morgan fingerprint density at radius 2 is 1.95 bits per heavy atom. The maximum atomic E-state index is 11.1. The van der Waals surface area contributed by atoms with Gasteiger partial charge in [-0.25, -0.2) is 0 Å². The van der Waals surface area contributed by atoms with Gasteiger partial charge in [-0.15, -0.1) is 0 Å². The minimum absolute atomic E-state index is 0.291. The van der Waals surface area contributed by atoms with Crippen molar-refractivity contribution in [1.29, 1.82) is 0 Å². The van der Waals surface area contributed by atoms with Crippen molar-refractivity contribution in [3.63, 3.8) is 0 Å². The highest BCUT2D eigenvalue weighted by Gasteiger charge is 2.16. The Labute approximate surface area is 121 Å². The summed E-state index contributed by atoms with van der Waals surface area (Å²) in [6.07, 6.45) is 5.10. The van der Waals surface area contributed by atoms with Crippen LogP contribution in [0.5, 0.6) is 0 Å². The summed E-state index contributed by atoms with van der Waals surface area (Å²) in [7, 11) is 0. The molecule has 0 fully saturated rings. The third-order valence-corrected chi connectivity index (χ3v) is 3.02. The summed E-state index contributed by atoms with van der Waals surface area (Å²) in [6, 6.07) is 9.99. The molecule has 20 heavy (non-hydrogen) atoms. The Kier molecular flexibility index (Phi) is 7.66. The zero-order valence-corrected chi connectivity index (χ0v) is 12.3. The van der Waals surface area contributed by atoms with Gasteiger partial charge in [0.1, 0.15) is 0 Å². The molecule has 0 aromatic heterocycles. The molecule has 0 saturated carbocycles. The second-order valence-electron chi connectivity index (χ2n) is 5.37. The van der Waals surface area contributed by atoms with Gasteiger partial charge in [-0.2, -0.15) is 0 Å². The molecule has 0 unspecified atom stereocenters. The molecule has 1 rings (SSSR count). The monoisotopic (exact) mass is 276 g/mol. The molecule has 1 N–H and O–H groups in total. The fourth-order valence-electron chi connectivity index (χ4n) is 2.01. The largest absolute Gasteiger partial charge is 0.481 e. The smallest absolute Gasteiger partial charge is 0.306 e. The van der Waals surface area contributed by atoms with Crippen LogP contribution in [-0.4, -0.2) is 17.7 Å². The van der Waals surface area contributed by atoms with E-state index in [9.17, 15) is 4.79 Å². The molecule has 3 nitrogen and oxygen atoms in total. The van der Waals surface area contributed by atoms with Crippen molar-refractivity contribution >= 4 is 5.97 Å². The molecule has 0 heterocycles. The molecule has 0 aliphatic carbocycles. The summed E-state index contributed by atoms with van der Waals surface area (Å²) in [5.41, 5.74) is 1.14. The lowest BCUT2D eigenvalue weighted by Gasteiger charge is -2.12. The number of carboxylic acids is 1. The standard InChI is InChI=1S/C17H24O3/c1-14(2)12-16(17(18)19)10-6-7-11-20-13-15-8-4-3-5-9-15/h3-9,14,16H,10-13H2,1-2H3,(H,18,19)/t16-/m0/s1. The predicted octanol–water partition coefficient (Wildman–Crippen LogP) is 3.90. The second-order valence-corrected chi connectivity index (χ2v) is 5.37. The fourth-order valence-corrected chi connectivity index (χ4v) is 2.01. The Morgan fingerprint density at radius 1 is 1.25 bits per heavy atom. The lowest BCUT2D eigenvalue weighted by Crippen LogP contribution is -2.15. The Hall–Kier alpha value is -1.61. The Balaban J connectivity index is 2.22. The second kappa shape index (κ2) is 9.32. The van der Waals surface area contributed by atoms with Crippen LogP contribution in [0.1, 0.15) is 32.3 Å². The molecule has 0 amide bonds. The zero-order chi connectivity index (χ0) is 14.8. The van der Waals surface area contributed by atoms with E-state index in [0.717, 1.165) is 5.56 Å². The molecule has 1 atom stereocenters. The molecular weight excluding hydrogens is 252 g/mol. The molecule has 0 aliphatic heterocycles. The number of carbonyl (C=O) groups is 1. The van der Waals surface area contributed by atoms with Crippen molar-refractivity contribution in [2.24, 2.45) is 11.8 Å². The number of hydrogen-bond donors (Lipinski definition) is 1. The number of rotatable bonds is 9. The van der Waals surface area contributed by atoms with Crippen LogP contribution in [0, 0.1) is 11.8 Å².